The standard InChI is InChI=1S/C15H14Cl2N2O3/c16-12-6-19-7-13(17)11(12)8-22-10-3-1-9(2-4-10)5-14(18)15(20)21/h1-4,6-7,14H,5,8,18H2,(H,20,21)/t14-/m0/s1. The van der Waals surface area contributed by atoms with Gasteiger partial charge in [-0.3, -0.25) is 9.78 Å². The first-order valence-electron chi connectivity index (χ1n) is 6.45. The Morgan fingerprint density at radius 2 is 1.82 bits per heavy atom. The van der Waals surface area contributed by atoms with Crippen LogP contribution in [-0.4, -0.2) is 22.1 Å². The number of nitrogens with zero attached hydrogens (tertiary/aromatic N) is 1. The summed E-state index contributed by atoms with van der Waals surface area (Å²) in [6.07, 6.45) is 3.27. The SMILES string of the molecule is N[C@@H](Cc1ccc(OCc2c(Cl)cncc2Cl)cc1)C(=O)O. The lowest BCUT2D eigenvalue weighted by Crippen LogP contribution is -2.32. The summed E-state index contributed by atoms with van der Waals surface area (Å²) < 4.78 is 5.62. The molecule has 3 N–H and O–H groups in total. The first-order valence-corrected chi connectivity index (χ1v) is 7.21. The zero-order chi connectivity index (χ0) is 16.1. The summed E-state index contributed by atoms with van der Waals surface area (Å²) in [4.78, 5) is 14.6. The predicted octanol–water partition coefficient (Wildman–Crippen LogP) is 2.92. The van der Waals surface area contributed by atoms with Crippen molar-refractivity contribution in [1.29, 1.82) is 0 Å². The third kappa shape index (κ3) is 4.34. The molecule has 0 fully saturated rings. The fourth-order valence-electron chi connectivity index (χ4n) is 1.79. The van der Waals surface area contributed by atoms with E-state index in [1.165, 1.54) is 12.4 Å². The van der Waals surface area contributed by atoms with E-state index < -0.39 is 12.0 Å². The molecule has 2 aromatic rings. The molecule has 0 aliphatic heterocycles. The van der Waals surface area contributed by atoms with Crippen molar-refractivity contribution in [3.05, 3.63) is 57.8 Å². The molecule has 0 saturated carbocycles. The van der Waals surface area contributed by atoms with Crippen molar-refractivity contribution in [3.63, 3.8) is 0 Å². The Kier molecular flexibility index (Phi) is 5.60. The van der Waals surface area contributed by atoms with Crippen LogP contribution < -0.4 is 10.5 Å². The largest absolute Gasteiger partial charge is 0.489 e. The summed E-state index contributed by atoms with van der Waals surface area (Å²) in [7, 11) is 0. The van der Waals surface area contributed by atoms with Gasteiger partial charge in [-0.25, -0.2) is 0 Å². The number of ether oxygens (including phenoxy) is 1. The molecule has 1 heterocycles. The van der Waals surface area contributed by atoms with Gasteiger partial charge in [-0.05, 0) is 24.1 Å². The quantitative estimate of drug-likeness (QED) is 0.844. The number of hydrogen-bond acceptors (Lipinski definition) is 4. The Bertz CT molecular complexity index is 642. The summed E-state index contributed by atoms with van der Waals surface area (Å²) in [6.45, 7) is 0.216. The van der Waals surface area contributed by atoms with Gasteiger partial charge in [0.15, 0.2) is 0 Å². The van der Waals surface area contributed by atoms with E-state index in [4.69, 9.17) is 38.8 Å². The summed E-state index contributed by atoms with van der Waals surface area (Å²) in [5.41, 5.74) is 6.97. The number of carbonyl (C=O) groups is 1. The second-order valence-electron chi connectivity index (χ2n) is 4.66. The maximum atomic E-state index is 10.7. The van der Waals surface area contributed by atoms with Crippen LogP contribution in [0.1, 0.15) is 11.1 Å². The van der Waals surface area contributed by atoms with Gasteiger partial charge in [0.05, 0.1) is 10.0 Å². The van der Waals surface area contributed by atoms with Gasteiger partial charge in [0.1, 0.15) is 18.4 Å². The summed E-state index contributed by atoms with van der Waals surface area (Å²) in [5, 5.41) is 9.66. The van der Waals surface area contributed by atoms with Crippen LogP contribution in [0.3, 0.4) is 0 Å². The normalized spacial score (nSPS) is 12.0. The van der Waals surface area contributed by atoms with Crippen molar-refractivity contribution >= 4 is 29.2 Å². The molecule has 0 aliphatic carbocycles. The van der Waals surface area contributed by atoms with Crippen LogP contribution in [0.5, 0.6) is 5.75 Å². The minimum Gasteiger partial charge on any atom is -0.489 e. The molecule has 0 radical (unpaired) electrons. The number of pyridine rings is 1. The lowest BCUT2D eigenvalue weighted by atomic mass is 10.1. The zero-order valence-electron chi connectivity index (χ0n) is 11.5. The van der Waals surface area contributed by atoms with E-state index in [1.54, 1.807) is 24.3 Å². The highest BCUT2D eigenvalue weighted by molar-refractivity contribution is 6.35. The molecule has 2 rings (SSSR count). The lowest BCUT2D eigenvalue weighted by molar-refractivity contribution is -0.138. The van der Waals surface area contributed by atoms with E-state index >= 15 is 0 Å². The zero-order valence-corrected chi connectivity index (χ0v) is 13.0. The number of benzene rings is 1. The molecule has 0 bridgehead atoms. The van der Waals surface area contributed by atoms with Gasteiger partial charge >= 0.3 is 5.97 Å². The predicted molar refractivity (Wildman–Crippen MR) is 84.3 cm³/mol. The fraction of sp³-hybridized carbons (Fsp3) is 0.200. The van der Waals surface area contributed by atoms with Crippen LogP contribution in [0.25, 0.3) is 0 Å². The van der Waals surface area contributed by atoms with Crippen LogP contribution >= 0.6 is 23.2 Å². The smallest absolute Gasteiger partial charge is 0.320 e. The molecule has 7 heteroatoms. The molecule has 1 atom stereocenters. The number of carboxylic acid groups (broad SMARTS) is 1. The van der Waals surface area contributed by atoms with Gasteiger partial charge < -0.3 is 15.6 Å². The third-order valence-corrected chi connectivity index (χ3v) is 3.68. The molecule has 5 nitrogen and oxygen atoms in total. The summed E-state index contributed by atoms with van der Waals surface area (Å²) in [6, 6.07) is 6.11. The first-order chi connectivity index (χ1) is 10.5. The van der Waals surface area contributed by atoms with Crippen molar-refractivity contribution in [2.75, 3.05) is 0 Å². The number of rotatable bonds is 6. The number of aliphatic carboxylic acids is 1. The highest BCUT2D eigenvalue weighted by atomic mass is 35.5. The molecule has 0 aliphatic rings. The van der Waals surface area contributed by atoms with Gasteiger partial charge in [-0.15, -0.1) is 0 Å². The van der Waals surface area contributed by atoms with Gasteiger partial charge in [-0.2, -0.15) is 0 Å². The summed E-state index contributed by atoms with van der Waals surface area (Å²) >= 11 is 12.0. The van der Waals surface area contributed by atoms with Crippen molar-refractivity contribution < 1.29 is 14.6 Å². The topological polar surface area (TPSA) is 85.4 Å². The molecule has 0 amide bonds. The third-order valence-electron chi connectivity index (χ3n) is 3.03. The second-order valence-corrected chi connectivity index (χ2v) is 5.48. The lowest BCUT2D eigenvalue weighted by Gasteiger charge is -2.10. The van der Waals surface area contributed by atoms with Crippen molar-refractivity contribution in [1.82, 2.24) is 4.98 Å². The highest BCUT2D eigenvalue weighted by Crippen LogP contribution is 2.24. The summed E-state index contributed by atoms with van der Waals surface area (Å²) in [5.74, 6) is -0.404. The molecule has 0 saturated heterocycles. The van der Waals surface area contributed by atoms with Crippen LogP contribution in [0.2, 0.25) is 10.0 Å². The Balaban J connectivity index is 1.98. The number of hydrogen-bond donors (Lipinski definition) is 2. The minimum absolute atomic E-state index is 0.216. The molecular weight excluding hydrogens is 327 g/mol. The monoisotopic (exact) mass is 340 g/mol. The molecule has 0 unspecified atom stereocenters. The maximum Gasteiger partial charge on any atom is 0.320 e. The first kappa shape index (κ1) is 16.5. The maximum absolute atomic E-state index is 10.7. The average molecular weight is 341 g/mol. The Morgan fingerprint density at radius 1 is 1.23 bits per heavy atom. The van der Waals surface area contributed by atoms with Gasteiger partial charge in [0, 0.05) is 18.0 Å². The Morgan fingerprint density at radius 3 is 2.36 bits per heavy atom. The molecule has 1 aromatic carbocycles. The van der Waals surface area contributed by atoms with Crippen LogP contribution in [-0.2, 0) is 17.8 Å². The van der Waals surface area contributed by atoms with Gasteiger partial charge in [0.25, 0.3) is 0 Å². The van der Waals surface area contributed by atoms with E-state index in [0.29, 0.717) is 21.4 Å². The fourth-order valence-corrected chi connectivity index (χ4v) is 2.27. The van der Waals surface area contributed by atoms with Gasteiger partial charge in [0.2, 0.25) is 0 Å². The van der Waals surface area contributed by atoms with E-state index in [2.05, 4.69) is 4.98 Å². The van der Waals surface area contributed by atoms with Crippen molar-refractivity contribution in [2.45, 2.75) is 19.1 Å². The Hall–Kier alpha value is -1.82. The molecule has 116 valence electrons. The van der Waals surface area contributed by atoms with Crippen LogP contribution in [0, 0.1) is 0 Å². The van der Waals surface area contributed by atoms with E-state index in [9.17, 15) is 4.79 Å². The molecule has 0 spiro atoms. The van der Waals surface area contributed by atoms with Crippen molar-refractivity contribution in [2.24, 2.45) is 5.73 Å². The highest BCUT2D eigenvalue weighted by Gasteiger charge is 2.12. The number of carboxylic acids is 1. The van der Waals surface area contributed by atoms with E-state index in [1.807, 2.05) is 0 Å². The van der Waals surface area contributed by atoms with E-state index in [-0.39, 0.29) is 13.0 Å². The van der Waals surface area contributed by atoms with Gasteiger partial charge in [-0.1, -0.05) is 35.3 Å². The Labute approximate surface area is 137 Å². The van der Waals surface area contributed by atoms with E-state index in [0.717, 1.165) is 5.56 Å². The molecule has 1 aromatic heterocycles. The van der Waals surface area contributed by atoms with Crippen LogP contribution in [0.15, 0.2) is 36.7 Å². The minimum atomic E-state index is -1.03. The number of halogens is 2. The van der Waals surface area contributed by atoms with Crippen LogP contribution in [0.4, 0.5) is 0 Å². The number of nitrogens with two attached hydrogens (primary N) is 1. The van der Waals surface area contributed by atoms with Crippen molar-refractivity contribution in [3.8, 4) is 5.75 Å². The molecule has 22 heavy (non-hydrogen) atoms. The number of aromatic nitrogens is 1. The average Bonchev–Trinajstić information content (AvgIpc) is 2.48. The second kappa shape index (κ2) is 7.45. The molecular formula is C15H14Cl2N2O3.